The van der Waals surface area contributed by atoms with Crippen LogP contribution in [0, 0.1) is 5.92 Å². The number of nitrogens with one attached hydrogen (secondary N) is 1. The van der Waals surface area contributed by atoms with E-state index in [1.165, 1.54) is 38.6 Å². The molecule has 1 saturated carbocycles. The zero-order chi connectivity index (χ0) is 15.4. The molecule has 4 nitrogen and oxygen atoms in total. The van der Waals surface area contributed by atoms with Crippen LogP contribution in [0.25, 0.3) is 0 Å². The van der Waals surface area contributed by atoms with E-state index in [1.54, 1.807) is 17.0 Å². The molecule has 3 rings (SSSR count). The number of carbonyl (C=O) groups excluding carboxylic acids is 1. The van der Waals surface area contributed by atoms with Gasteiger partial charge in [-0.25, -0.2) is 0 Å². The van der Waals surface area contributed by atoms with Gasteiger partial charge in [-0.05, 0) is 18.9 Å². The number of carboxylic acids is 1. The minimum atomic E-state index is -1.08. The van der Waals surface area contributed by atoms with Crippen LogP contribution < -0.4 is 14.9 Å². The van der Waals surface area contributed by atoms with Gasteiger partial charge in [-0.15, -0.1) is 0 Å². The third-order valence-electron chi connectivity index (χ3n) is 5.24. The number of rotatable bonds is 4. The van der Waals surface area contributed by atoms with Crippen LogP contribution in [0.1, 0.15) is 42.5 Å². The molecule has 1 aromatic rings. The van der Waals surface area contributed by atoms with E-state index in [-0.39, 0.29) is 0 Å². The Morgan fingerprint density at radius 1 is 1.14 bits per heavy atom. The number of hydrogen-bond donors (Lipinski definition) is 1. The van der Waals surface area contributed by atoms with Crippen LogP contribution in [0.3, 0.4) is 0 Å². The Morgan fingerprint density at radius 3 is 2.50 bits per heavy atom. The maximum Gasteiger partial charge on any atom is 0.0949 e. The van der Waals surface area contributed by atoms with Gasteiger partial charge in [0.1, 0.15) is 0 Å². The quantitative estimate of drug-likeness (QED) is 0.872. The standard InChI is InChI=1S/C18H26N2O2/c21-18(22)16-8-4-5-9-17(16)20-12-10-19(11-13-20)14-15-6-2-1-3-7-15/h4-5,8-9,15H,1-3,6-7,10-14H2,(H,21,22). The van der Waals surface area contributed by atoms with E-state index in [1.807, 2.05) is 12.1 Å². The molecule has 1 heterocycles. The van der Waals surface area contributed by atoms with E-state index < -0.39 is 5.97 Å². The first-order chi connectivity index (χ1) is 10.7. The van der Waals surface area contributed by atoms with Crippen LogP contribution in [0.4, 0.5) is 5.69 Å². The second-order valence-electron chi connectivity index (χ2n) is 6.75. The second kappa shape index (κ2) is 7.14. The van der Waals surface area contributed by atoms with Gasteiger partial charge in [0.05, 0.1) is 38.7 Å². The zero-order valence-corrected chi connectivity index (χ0v) is 13.2. The second-order valence-corrected chi connectivity index (χ2v) is 6.75. The van der Waals surface area contributed by atoms with E-state index in [0.717, 1.165) is 37.8 Å². The molecule has 0 amide bonds. The molecular formula is C18H26N2O2. The Labute approximate surface area is 132 Å². The van der Waals surface area contributed by atoms with Crippen molar-refractivity contribution in [3.63, 3.8) is 0 Å². The molecule has 0 atom stereocenters. The maximum atomic E-state index is 11.2. The summed E-state index contributed by atoms with van der Waals surface area (Å²) in [5.74, 6) is -0.168. The average Bonchev–Trinajstić information content (AvgIpc) is 2.56. The Kier molecular flexibility index (Phi) is 4.98. The minimum Gasteiger partial charge on any atom is -0.545 e. The smallest absolute Gasteiger partial charge is 0.0949 e. The van der Waals surface area contributed by atoms with E-state index >= 15 is 0 Å². The molecule has 0 aromatic heterocycles. The van der Waals surface area contributed by atoms with Crippen molar-refractivity contribution in [3.8, 4) is 0 Å². The molecular weight excluding hydrogens is 276 g/mol. The molecule has 22 heavy (non-hydrogen) atoms. The van der Waals surface area contributed by atoms with Crippen molar-refractivity contribution < 1.29 is 14.8 Å². The van der Waals surface area contributed by atoms with Crippen molar-refractivity contribution in [1.29, 1.82) is 0 Å². The summed E-state index contributed by atoms with van der Waals surface area (Å²) in [6.07, 6.45) is 7.03. The number of aromatic carboxylic acids is 1. The number of para-hydroxylation sites is 1. The van der Waals surface area contributed by atoms with E-state index in [4.69, 9.17) is 0 Å². The van der Waals surface area contributed by atoms with E-state index in [0.29, 0.717) is 5.56 Å². The Bertz CT molecular complexity index is 504. The average molecular weight is 302 g/mol. The van der Waals surface area contributed by atoms with Gasteiger partial charge in [-0.2, -0.15) is 0 Å². The summed E-state index contributed by atoms with van der Waals surface area (Å²) in [6, 6.07) is 7.21. The fourth-order valence-electron chi connectivity index (χ4n) is 3.99. The molecule has 1 N–H and O–H groups in total. The van der Waals surface area contributed by atoms with Gasteiger partial charge in [0.25, 0.3) is 0 Å². The number of benzene rings is 1. The summed E-state index contributed by atoms with van der Waals surface area (Å²) in [5.41, 5.74) is 1.14. The van der Waals surface area contributed by atoms with Crippen molar-refractivity contribution in [1.82, 2.24) is 0 Å². The highest BCUT2D eigenvalue weighted by Gasteiger charge is 2.25. The molecule has 4 heteroatoms. The largest absolute Gasteiger partial charge is 0.545 e. The highest BCUT2D eigenvalue weighted by atomic mass is 16.4. The Balaban J connectivity index is 1.56. The van der Waals surface area contributed by atoms with Crippen molar-refractivity contribution in [2.75, 3.05) is 37.6 Å². The van der Waals surface area contributed by atoms with Gasteiger partial charge in [0, 0.05) is 17.2 Å². The van der Waals surface area contributed by atoms with Gasteiger partial charge >= 0.3 is 0 Å². The molecule has 1 aliphatic heterocycles. The molecule has 2 fully saturated rings. The van der Waals surface area contributed by atoms with Crippen molar-refractivity contribution in [2.45, 2.75) is 32.1 Å². The maximum absolute atomic E-state index is 11.2. The lowest BCUT2D eigenvalue weighted by Gasteiger charge is -2.36. The number of carbonyl (C=O) groups is 1. The predicted octanol–water partition coefficient (Wildman–Crippen LogP) is 0.335. The number of hydrogen-bond acceptors (Lipinski definition) is 3. The highest BCUT2D eigenvalue weighted by molar-refractivity contribution is 5.93. The summed E-state index contributed by atoms with van der Waals surface area (Å²) in [5, 5.41) is 11.2. The number of quaternary nitrogens is 1. The number of carboxylic acid groups (broad SMARTS) is 1. The molecule has 0 unspecified atom stereocenters. The van der Waals surface area contributed by atoms with Crippen LogP contribution in [-0.4, -0.2) is 38.7 Å². The number of nitrogens with zero attached hydrogens (tertiary/aromatic N) is 1. The highest BCUT2D eigenvalue weighted by Crippen LogP contribution is 2.22. The third kappa shape index (κ3) is 3.61. The molecule has 120 valence electrons. The lowest BCUT2D eigenvalue weighted by atomic mass is 9.89. The first-order valence-corrected chi connectivity index (χ1v) is 8.63. The summed E-state index contributed by atoms with van der Waals surface area (Å²) < 4.78 is 0. The molecule has 1 aliphatic carbocycles. The van der Waals surface area contributed by atoms with Gasteiger partial charge < -0.3 is 19.7 Å². The first kappa shape index (κ1) is 15.3. The van der Waals surface area contributed by atoms with E-state index in [2.05, 4.69) is 4.90 Å². The van der Waals surface area contributed by atoms with Crippen LogP contribution in [0.2, 0.25) is 0 Å². The lowest BCUT2D eigenvalue weighted by molar-refractivity contribution is -0.904. The molecule has 0 spiro atoms. The van der Waals surface area contributed by atoms with Crippen molar-refractivity contribution in [2.24, 2.45) is 5.92 Å². The summed E-state index contributed by atoms with van der Waals surface area (Å²) in [7, 11) is 0. The topological polar surface area (TPSA) is 47.8 Å². The van der Waals surface area contributed by atoms with E-state index in [9.17, 15) is 9.90 Å². The van der Waals surface area contributed by atoms with Crippen LogP contribution in [-0.2, 0) is 0 Å². The summed E-state index contributed by atoms with van der Waals surface area (Å²) >= 11 is 0. The van der Waals surface area contributed by atoms with Crippen LogP contribution in [0.15, 0.2) is 24.3 Å². The number of anilines is 1. The normalized spacial score (nSPS) is 21.0. The van der Waals surface area contributed by atoms with Gasteiger partial charge in [-0.1, -0.05) is 37.5 Å². The molecule has 2 aliphatic rings. The van der Waals surface area contributed by atoms with Gasteiger partial charge in [0.2, 0.25) is 0 Å². The lowest BCUT2D eigenvalue weighted by Crippen LogP contribution is -3.15. The zero-order valence-electron chi connectivity index (χ0n) is 13.2. The fraction of sp³-hybridized carbons (Fsp3) is 0.611. The molecule has 0 bridgehead atoms. The first-order valence-electron chi connectivity index (χ1n) is 8.63. The van der Waals surface area contributed by atoms with Crippen molar-refractivity contribution in [3.05, 3.63) is 29.8 Å². The monoisotopic (exact) mass is 302 g/mol. The van der Waals surface area contributed by atoms with Gasteiger partial charge in [-0.3, -0.25) is 0 Å². The third-order valence-corrected chi connectivity index (χ3v) is 5.24. The fourth-order valence-corrected chi connectivity index (χ4v) is 3.99. The summed E-state index contributed by atoms with van der Waals surface area (Å²) in [4.78, 5) is 15.1. The molecule has 1 aromatic carbocycles. The van der Waals surface area contributed by atoms with Crippen LogP contribution >= 0.6 is 0 Å². The van der Waals surface area contributed by atoms with Crippen LogP contribution in [0.5, 0.6) is 0 Å². The van der Waals surface area contributed by atoms with Gasteiger partial charge in [0.15, 0.2) is 0 Å². The SMILES string of the molecule is O=C([O-])c1ccccc1N1CC[NH+](CC2CCCCC2)CC1. The number of piperazine rings is 1. The Hall–Kier alpha value is -1.55. The summed E-state index contributed by atoms with van der Waals surface area (Å²) in [6.45, 7) is 5.39. The Morgan fingerprint density at radius 2 is 1.82 bits per heavy atom. The molecule has 1 saturated heterocycles. The molecule has 0 radical (unpaired) electrons. The minimum absolute atomic E-state index is 0.318. The van der Waals surface area contributed by atoms with Crippen molar-refractivity contribution >= 4 is 11.7 Å². The predicted molar refractivity (Wildman–Crippen MR) is 85.1 cm³/mol.